The van der Waals surface area contributed by atoms with Crippen molar-refractivity contribution in [3.05, 3.63) is 95.1 Å². The molecule has 0 unspecified atom stereocenters. The van der Waals surface area contributed by atoms with Gasteiger partial charge in [-0.2, -0.15) is 0 Å². The molecule has 9 heteroatoms. The predicted molar refractivity (Wildman–Crippen MR) is 140 cm³/mol. The maximum atomic E-state index is 9.76. The Hall–Kier alpha value is -2.49. The van der Waals surface area contributed by atoms with Gasteiger partial charge in [-0.1, -0.05) is 72.8 Å². The molecule has 0 fully saturated rings. The Morgan fingerprint density at radius 2 is 1.03 bits per heavy atom. The number of hydrogen-bond donors (Lipinski definition) is 5. The molecule has 35 heavy (non-hydrogen) atoms. The summed E-state index contributed by atoms with van der Waals surface area (Å²) in [4.78, 5) is 0. The van der Waals surface area contributed by atoms with Crippen LogP contribution in [0.2, 0.25) is 0 Å². The van der Waals surface area contributed by atoms with Crippen molar-refractivity contribution in [2.75, 3.05) is 28.2 Å². The Bertz CT molecular complexity index is 1130. The van der Waals surface area contributed by atoms with Crippen LogP contribution in [-0.4, -0.2) is 76.1 Å². The number of nitrogens with zero attached hydrogens (tertiary/aromatic N) is 2. The van der Waals surface area contributed by atoms with E-state index in [0.717, 1.165) is 24.2 Å². The van der Waals surface area contributed by atoms with Crippen LogP contribution in [0.1, 0.15) is 22.3 Å². The fourth-order valence-corrected chi connectivity index (χ4v) is 4.76. The van der Waals surface area contributed by atoms with Crippen LogP contribution in [0, 0.1) is 0 Å². The van der Waals surface area contributed by atoms with Crippen molar-refractivity contribution in [1.29, 1.82) is 0 Å². The predicted octanol–water partition coefficient (Wildman–Crippen LogP) is 0.0424. The highest BCUT2D eigenvalue weighted by molar-refractivity contribution is 6.72. The van der Waals surface area contributed by atoms with Gasteiger partial charge in [0.2, 0.25) is 0 Å². The highest BCUT2D eigenvalue weighted by Gasteiger charge is 2.26. The Labute approximate surface area is 208 Å². The standard InChI is InChI=1S/C26H37B2N2O5/c1-29(2,19-23-9-5-7-11-25(23)27(31)32)17-21-13-15-22(16-14-21)18-30(3,4)20-24-10-6-8-12-26(24)28(33,34)35/h5-16,31-35H,17-20H2,1-4H3/q+1. The maximum absolute atomic E-state index is 9.76. The van der Waals surface area contributed by atoms with E-state index in [1.165, 1.54) is 5.56 Å². The fraction of sp³-hybridized carbons (Fsp3) is 0.308. The lowest BCUT2D eigenvalue weighted by molar-refractivity contribution is -0.917. The van der Waals surface area contributed by atoms with Crippen molar-refractivity contribution in [3.8, 4) is 0 Å². The first-order chi connectivity index (χ1) is 16.3. The quantitative estimate of drug-likeness (QED) is 0.209. The van der Waals surface area contributed by atoms with E-state index in [1.54, 1.807) is 18.2 Å². The first-order valence-corrected chi connectivity index (χ1v) is 11.8. The molecule has 0 aliphatic heterocycles. The Morgan fingerprint density at radius 3 is 1.51 bits per heavy atom. The second kappa shape index (κ2) is 10.6. The van der Waals surface area contributed by atoms with E-state index in [2.05, 4.69) is 52.5 Å². The lowest BCUT2D eigenvalue weighted by Gasteiger charge is -2.33. The molecule has 0 amide bonds. The second-order valence-electron chi connectivity index (χ2n) is 10.8. The molecule has 0 saturated carbocycles. The largest absolute Gasteiger partial charge is 0.556 e. The monoisotopic (exact) mass is 479 g/mol. The van der Waals surface area contributed by atoms with E-state index in [1.807, 2.05) is 30.3 Å². The average Bonchev–Trinajstić information content (AvgIpc) is 2.74. The van der Waals surface area contributed by atoms with Crippen LogP contribution in [0.4, 0.5) is 0 Å². The molecule has 0 aliphatic carbocycles. The number of rotatable bonds is 10. The SMILES string of the molecule is C[N+](C)(Cc1ccc(C[N+](C)(C)Cc2ccccc2[B-](O)(O)O)cc1)Cc1ccccc1B(O)O. The minimum Gasteiger partial charge on any atom is -0.556 e. The van der Waals surface area contributed by atoms with Gasteiger partial charge in [0.25, 0.3) is 0 Å². The first kappa shape index (κ1) is 27.1. The summed E-state index contributed by atoms with van der Waals surface area (Å²) in [5.41, 5.74) is 4.66. The summed E-state index contributed by atoms with van der Waals surface area (Å²) in [6, 6.07) is 22.8. The van der Waals surface area contributed by atoms with Crippen molar-refractivity contribution in [1.82, 2.24) is 0 Å². The van der Waals surface area contributed by atoms with Gasteiger partial charge in [-0.3, -0.25) is 0 Å². The summed E-state index contributed by atoms with van der Waals surface area (Å²) in [5.74, 6) is 0. The third kappa shape index (κ3) is 7.75. The van der Waals surface area contributed by atoms with Crippen molar-refractivity contribution >= 4 is 24.8 Å². The van der Waals surface area contributed by atoms with Gasteiger partial charge in [-0.15, -0.1) is 5.46 Å². The summed E-state index contributed by atoms with van der Waals surface area (Å²) in [6.45, 7) is -0.824. The molecule has 0 heterocycles. The van der Waals surface area contributed by atoms with E-state index in [-0.39, 0.29) is 5.46 Å². The average molecular weight is 479 g/mol. The zero-order valence-corrected chi connectivity index (χ0v) is 21.0. The van der Waals surface area contributed by atoms with Gasteiger partial charge in [0.1, 0.15) is 26.2 Å². The van der Waals surface area contributed by atoms with Gasteiger partial charge >= 0.3 is 13.9 Å². The van der Waals surface area contributed by atoms with Gasteiger partial charge in [-0.05, 0) is 11.0 Å². The molecule has 3 aromatic rings. The topological polar surface area (TPSA) is 101 Å². The highest BCUT2D eigenvalue weighted by Crippen LogP contribution is 2.18. The first-order valence-electron chi connectivity index (χ1n) is 11.8. The third-order valence-electron chi connectivity index (χ3n) is 6.25. The number of hydrogen-bond acceptors (Lipinski definition) is 5. The molecule has 0 spiro atoms. The smallest absolute Gasteiger partial charge is 0.488 e. The molecular formula is C26H37B2N2O5+. The third-order valence-corrected chi connectivity index (χ3v) is 6.25. The van der Waals surface area contributed by atoms with E-state index in [9.17, 15) is 25.1 Å². The van der Waals surface area contributed by atoms with Gasteiger partial charge in [0, 0.05) is 16.7 Å². The molecule has 0 bridgehead atoms. The summed E-state index contributed by atoms with van der Waals surface area (Å²) < 4.78 is 1.23. The Kier molecular flexibility index (Phi) is 8.24. The zero-order chi connectivity index (χ0) is 25.9. The van der Waals surface area contributed by atoms with Gasteiger partial charge < -0.3 is 34.1 Å². The molecule has 0 atom stereocenters. The van der Waals surface area contributed by atoms with E-state index in [4.69, 9.17) is 0 Å². The van der Waals surface area contributed by atoms with Crippen LogP contribution in [-0.2, 0) is 26.2 Å². The molecular weight excluding hydrogens is 442 g/mol. The number of benzene rings is 3. The molecule has 0 aromatic heterocycles. The van der Waals surface area contributed by atoms with Gasteiger partial charge in [0.15, 0.2) is 0 Å². The normalized spacial score (nSPS) is 12.6. The second-order valence-corrected chi connectivity index (χ2v) is 10.8. The van der Waals surface area contributed by atoms with Crippen LogP contribution >= 0.6 is 0 Å². The van der Waals surface area contributed by atoms with Crippen LogP contribution in [0.15, 0.2) is 72.8 Å². The van der Waals surface area contributed by atoms with Crippen molar-refractivity contribution in [3.63, 3.8) is 0 Å². The molecule has 0 aliphatic rings. The summed E-state index contributed by atoms with van der Waals surface area (Å²) in [5, 5.41) is 48.6. The van der Waals surface area contributed by atoms with Crippen LogP contribution < -0.4 is 10.9 Å². The van der Waals surface area contributed by atoms with Crippen molar-refractivity contribution in [2.45, 2.75) is 26.2 Å². The van der Waals surface area contributed by atoms with Crippen molar-refractivity contribution in [2.24, 2.45) is 0 Å². The summed E-state index contributed by atoms with van der Waals surface area (Å²) in [7, 11) is 6.90. The molecule has 7 nitrogen and oxygen atoms in total. The van der Waals surface area contributed by atoms with Crippen molar-refractivity contribution < 1.29 is 34.1 Å². The summed E-state index contributed by atoms with van der Waals surface area (Å²) in [6.07, 6.45) is 0. The molecule has 3 rings (SSSR count). The van der Waals surface area contributed by atoms with Gasteiger partial charge in [-0.25, -0.2) is 0 Å². The molecule has 186 valence electrons. The van der Waals surface area contributed by atoms with E-state index >= 15 is 0 Å². The molecule has 0 radical (unpaired) electrons. The minimum atomic E-state index is -3.54. The minimum absolute atomic E-state index is 0.157. The molecule has 0 saturated heterocycles. The van der Waals surface area contributed by atoms with Gasteiger partial charge in [0.05, 0.1) is 28.2 Å². The Balaban J connectivity index is 1.67. The highest BCUT2D eigenvalue weighted by atomic mass is 16.5. The zero-order valence-electron chi connectivity index (χ0n) is 21.0. The maximum Gasteiger partial charge on any atom is 0.488 e. The molecule has 3 aromatic carbocycles. The lowest BCUT2D eigenvalue weighted by Crippen LogP contribution is -2.52. The molecule has 5 N–H and O–H groups in total. The van der Waals surface area contributed by atoms with E-state index < -0.39 is 13.9 Å². The van der Waals surface area contributed by atoms with E-state index in [0.29, 0.717) is 33.1 Å². The lowest BCUT2D eigenvalue weighted by atomic mass is 9.68. The fourth-order valence-electron chi connectivity index (χ4n) is 4.76. The number of quaternary nitrogens is 2. The van der Waals surface area contributed by atoms with Crippen LogP contribution in [0.25, 0.3) is 0 Å². The van der Waals surface area contributed by atoms with Crippen LogP contribution in [0.3, 0.4) is 0 Å². The summed E-state index contributed by atoms with van der Waals surface area (Å²) >= 11 is 0. The van der Waals surface area contributed by atoms with Crippen LogP contribution in [0.5, 0.6) is 0 Å². The Morgan fingerprint density at radius 1 is 0.600 bits per heavy atom.